The molecule has 0 bridgehead atoms. The third-order valence-electron chi connectivity index (χ3n) is 11.4. The molecule has 0 atom stereocenters. The van der Waals surface area contributed by atoms with Gasteiger partial charge in [0.15, 0.2) is 0 Å². The molecule has 4 aromatic heterocycles. The van der Waals surface area contributed by atoms with Crippen molar-refractivity contribution in [2.24, 2.45) is 0 Å². The van der Waals surface area contributed by atoms with Crippen molar-refractivity contribution in [2.45, 2.75) is 0 Å². The average molecular weight is 745 g/mol. The number of rotatable bonds is 5. The van der Waals surface area contributed by atoms with Crippen LogP contribution in [0.1, 0.15) is 0 Å². The van der Waals surface area contributed by atoms with E-state index in [0.717, 1.165) is 33.5 Å². The van der Waals surface area contributed by atoms with Crippen molar-refractivity contribution in [1.82, 2.24) is 19.1 Å². The summed E-state index contributed by atoms with van der Waals surface area (Å²) in [6.07, 6.45) is 0. The molecule has 5 heteroatoms. The molecule has 4 heterocycles. The quantitative estimate of drug-likeness (QED) is 0.176. The molecule has 0 aliphatic heterocycles. The topological polar surface area (TPSA) is 35.6 Å². The minimum atomic E-state index is 0.642. The SMILES string of the molecule is c1ccc(-c2ccc(-c3cc(-c4ccccc4)nc(-n4c5ccccc5c5c6c7ccccc7n(-c7cccc8c7sc7ccccc78)c6ccc54)n3)cc2)cc1. The minimum Gasteiger partial charge on any atom is -0.308 e. The molecule has 57 heavy (non-hydrogen) atoms. The molecular formula is C52H32N4S. The fraction of sp³-hybridized carbons (Fsp3) is 0. The van der Waals surface area contributed by atoms with Gasteiger partial charge in [0.05, 0.1) is 43.8 Å². The predicted octanol–water partition coefficient (Wildman–Crippen LogP) is 14.0. The van der Waals surface area contributed by atoms with E-state index in [0.29, 0.717) is 5.95 Å². The average Bonchev–Trinajstić information content (AvgIpc) is 3.95. The Morgan fingerprint density at radius 3 is 1.53 bits per heavy atom. The van der Waals surface area contributed by atoms with Crippen LogP contribution in [0.25, 0.3) is 109 Å². The molecule has 8 aromatic carbocycles. The highest BCUT2D eigenvalue weighted by Gasteiger charge is 2.23. The largest absolute Gasteiger partial charge is 0.308 e. The third-order valence-corrected chi connectivity index (χ3v) is 12.6. The summed E-state index contributed by atoms with van der Waals surface area (Å²) in [5, 5.41) is 7.41. The summed E-state index contributed by atoms with van der Waals surface area (Å²) in [5.41, 5.74) is 11.9. The molecular weight excluding hydrogens is 713 g/mol. The second kappa shape index (κ2) is 12.6. The van der Waals surface area contributed by atoms with Crippen LogP contribution in [-0.2, 0) is 0 Å². The highest BCUT2D eigenvalue weighted by Crippen LogP contribution is 2.45. The van der Waals surface area contributed by atoms with Crippen LogP contribution < -0.4 is 0 Å². The van der Waals surface area contributed by atoms with Crippen molar-refractivity contribution >= 4 is 75.1 Å². The van der Waals surface area contributed by atoms with Crippen LogP contribution >= 0.6 is 11.3 Å². The lowest BCUT2D eigenvalue weighted by molar-refractivity contribution is 0.996. The van der Waals surface area contributed by atoms with Gasteiger partial charge in [0, 0.05) is 48.1 Å². The zero-order valence-electron chi connectivity index (χ0n) is 30.7. The van der Waals surface area contributed by atoms with Crippen molar-refractivity contribution < 1.29 is 0 Å². The maximum absolute atomic E-state index is 5.37. The first kappa shape index (κ1) is 32.0. The summed E-state index contributed by atoms with van der Waals surface area (Å²) in [4.78, 5) is 10.7. The maximum atomic E-state index is 5.37. The molecule has 0 saturated carbocycles. The predicted molar refractivity (Wildman–Crippen MR) is 240 cm³/mol. The third kappa shape index (κ3) is 4.93. The molecule has 266 valence electrons. The lowest BCUT2D eigenvalue weighted by Crippen LogP contribution is -2.04. The van der Waals surface area contributed by atoms with Gasteiger partial charge < -0.3 is 4.57 Å². The van der Waals surface area contributed by atoms with Gasteiger partial charge in [-0.15, -0.1) is 11.3 Å². The molecule has 0 aliphatic rings. The number of aromatic nitrogens is 4. The Labute approximate surface area is 332 Å². The van der Waals surface area contributed by atoms with Crippen LogP contribution in [-0.4, -0.2) is 19.1 Å². The molecule has 12 rings (SSSR count). The van der Waals surface area contributed by atoms with Crippen molar-refractivity contribution in [1.29, 1.82) is 0 Å². The Hall–Kier alpha value is -7.34. The minimum absolute atomic E-state index is 0.642. The van der Waals surface area contributed by atoms with E-state index in [2.05, 4.69) is 197 Å². The molecule has 0 saturated heterocycles. The molecule has 0 spiro atoms. The summed E-state index contributed by atoms with van der Waals surface area (Å²) in [5.74, 6) is 0.642. The molecule has 0 radical (unpaired) electrons. The Kier molecular flexibility index (Phi) is 7.06. The Balaban J connectivity index is 1.13. The van der Waals surface area contributed by atoms with Gasteiger partial charge in [-0.1, -0.05) is 152 Å². The summed E-state index contributed by atoms with van der Waals surface area (Å²) >= 11 is 1.87. The summed E-state index contributed by atoms with van der Waals surface area (Å²) in [6, 6.07) is 69.3. The lowest BCUT2D eigenvalue weighted by atomic mass is 10.0. The molecule has 0 fully saturated rings. The van der Waals surface area contributed by atoms with Crippen molar-refractivity contribution in [3.8, 4) is 45.3 Å². The van der Waals surface area contributed by atoms with Gasteiger partial charge in [-0.2, -0.15) is 0 Å². The van der Waals surface area contributed by atoms with Crippen molar-refractivity contribution in [3.63, 3.8) is 0 Å². The molecule has 12 aromatic rings. The summed E-state index contributed by atoms with van der Waals surface area (Å²) in [7, 11) is 0. The highest BCUT2D eigenvalue weighted by atomic mass is 32.1. The zero-order chi connectivity index (χ0) is 37.5. The molecule has 0 amide bonds. The number of fused-ring (bicyclic) bond motifs is 10. The van der Waals surface area contributed by atoms with Crippen molar-refractivity contribution in [2.75, 3.05) is 0 Å². The van der Waals surface area contributed by atoms with Crippen molar-refractivity contribution in [3.05, 3.63) is 194 Å². The van der Waals surface area contributed by atoms with Crippen LogP contribution in [0.2, 0.25) is 0 Å². The zero-order valence-corrected chi connectivity index (χ0v) is 31.5. The van der Waals surface area contributed by atoms with E-state index >= 15 is 0 Å². The Morgan fingerprint density at radius 1 is 0.351 bits per heavy atom. The van der Waals surface area contributed by atoms with Gasteiger partial charge in [0.2, 0.25) is 5.95 Å². The Morgan fingerprint density at radius 2 is 0.842 bits per heavy atom. The number of hydrogen-bond donors (Lipinski definition) is 0. The fourth-order valence-corrected chi connectivity index (χ4v) is 10.0. The van der Waals surface area contributed by atoms with Gasteiger partial charge in [-0.3, -0.25) is 4.57 Å². The van der Waals surface area contributed by atoms with Gasteiger partial charge in [0.1, 0.15) is 0 Å². The molecule has 4 nitrogen and oxygen atoms in total. The van der Waals surface area contributed by atoms with Crippen LogP contribution in [0.4, 0.5) is 0 Å². The van der Waals surface area contributed by atoms with E-state index in [9.17, 15) is 0 Å². The normalized spacial score (nSPS) is 11.9. The lowest BCUT2D eigenvalue weighted by Gasteiger charge is -2.12. The number of hydrogen-bond acceptors (Lipinski definition) is 3. The van der Waals surface area contributed by atoms with Crippen LogP contribution in [0.5, 0.6) is 0 Å². The first-order valence-corrected chi connectivity index (χ1v) is 20.1. The number of benzene rings is 8. The van der Waals surface area contributed by atoms with E-state index in [1.807, 2.05) is 17.4 Å². The molecule has 0 unspecified atom stereocenters. The molecule has 0 N–H and O–H groups in total. The standard InChI is InChI=1S/C52H32N4S/c1-3-14-33(15-4-1)34-26-28-36(29-27-34)42-32-41(35-16-5-2-6-17-35)53-52(54-42)56-44-23-11-8-20-40(44)50-46(56)31-30-45-49(50)39-19-7-10-22-43(39)55(45)47-24-13-21-38-37-18-9-12-25-48(37)57-51(38)47/h1-32H. The van der Waals surface area contributed by atoms with E-state index in [-0.39, 0.29) is 0 Å². The van der Waals surface area contributed by atoms with Crippen LogP contribution in [0, 0.1) is 0 Å². The first-order valence-electron chi connectivity index (χ1n) is 19.3. The first-order chi connectivity index (χ1) is 28.3. The van der Waals surface area contributed by atoms with E-state index < -0.39 is 0 Å². The van der Waals surface area contributed by atoms with Crippen LogP contribution in [0.3, 0.4) is 0 Å². The maximum Gasteiger partial charge on any atom is 0.235 e. The second-order valence-electron chi connectivity index (χ2n) is 14.6. The molecule has 0 aliphatic carbocycles. The smallest absolute Gasteiger partial charge is 0.235 e. The highest BCUT2D eigenvalue weighted by molar-refractivity contribution is 7.26. The Bertz CT molecular complexity index is 3500. The second-order valence-corrected chi connectivity index (χ2v) is 15.6. The number of thiophene rings is 1. The van der Waals surface area contributed by atoms with E-state index in [1.54, 1.807) is 0 Å². The van der Waals surface area contributed by atoms with Gasteiger partial charge in [-0.25, -0.2) is 9.97 Å². The summed E-state index contributed by atoms with van der Waals surface area (Å²) in [6.45, 7) is 0. The number of nitrogens with zero attached hydrogens (tertiary/aromatic N) is 4. The van der Waals surface area contributed by atoms with E-state index in [1.165, 1.54) is 69.6 Å². The van der Waals surface area contributed by atoms with Gasteiger partial charge >= 0.3 is 0 Å². The van der Waals surface area contributed by atoms with Gasteiger partial charge in [-0.05, 0) is 53.6 Å². The van der Waals surface area contributed by atoms with E-state index in [4.69, 9.17) is 9.97 Å². The monoisotopic (exact) mass is 744 g/mol. The summed E-state index contributed by atoms with van der Waals surface area (Å²) < 4.78 is 7.32. The van der Waals surface area contributed by atoms with Crippen LogP contribution in [0.15, 0.2) is 194 Å². The van der Waals surface area contributed by atoms with Gasteiger partial charge in [0.25, 0.3) is 0 Å². The number of para-hydroxylation sites is 2. The fourth-order valence-electron chi connectivity index (χ4n) is 8.80.